The molecule has 0 aliphatic carbocycles. The summed E-state index contributed by atoms with van der Waals surface area (Å²) in [6.45, 7) is 3.89. The number of aromatic hydroxyl groups is 1. The maximum Gasteiger partial charge on any atom is 0.200 e. The Kier molecular flexibility index (Phi) is 6.33. The van der Waals surface area contributed by atoms with E-state index in [1.807, 2.05) is 36.4 Å². The summed E-state index contributed by atoms with van der Waals surface area (Å²) in [6, 6.07) is 18.6. The van der Waals surface area contributed by atoms with Crippen molar-refractivity contribution in [2.45, 2.75) is 6.54 Å². The lowest BCUT2D eigenvalue weighted by Gasteiger charge is -2.36. The molecule has 0 amide bonds. The monoisotopic (exact) mass is 472 g/mol. The second-order valence-electron chi connectivity index (χ2n) is 8.61. The maximum atomic E-state index is 13.3. The van der Waals surface area contributed by atoms with Crippen molar-refractivity contribution < 1.29 is 19.0 Å². The molecule has 1 aromatic heterocycles. The molecule has 7 heteroatoms. The topological polar surface area (TPSA) is 75.4 Å². The molecule has 35 heavy (non-hydrogen) atoms. The number of anilines is 1. The van der Waals surface area contributed by atoms with E-state index >= 15 is 0 Å². The molecule has 3 aromatic carbocycles. The molecule has 180 valence electrons. The van der Waals surface area contributed by atoms with Gasteiger partial charge in [0.2, 0.25) is 5.43 Å². The first kappa shape index (κ1) is 22.8. The summed E-state index contributed by atoms with van der Waals surface area (Å²) < 4.78 is 16.4. The summed E-state index contributed by atoms with van der Waals surface area (Å²) in [5.74, 6) is 1.70. The number of piperazine rings is 1. The normalized spacial score (nSPS) is 14.3. The Morgan fingerprint density at radius 3 is 2.11 bits per heavy atom. The van der Waals surface area contributed by atoms with Gasteiger partial charge in [-0.15, -0.1) is 0 Å². The van der Waals surface area contributed by atoms with E-state index < -0.39 is 0 Å². The molecule has 0 bridgehead atoms. The number of hydrogen-bond acceptors (Lipinski definition) is 7. The van der Waals surface area contributed by atoms with Crippen LogP contribution >= 0.6 is 0 Å². The molecule has 0 atom stereocenters. The molecule has 0 unspecified atom stereocenters. The molecular formula is C28H28N2O5. The molecule has 2 heterocycles. The van der Waals surface area contributed by atoms with Crippen LogP contribution < -0.4 is 19.8 Å². The number of phenols is 1. The number of benzene rings is 3. The van der Waals surface area contributed by atoms with Crippen LogP contribution in [-0.2, 0) is 6.54 Å². The van der Waals surface area contributed by atoms with Gasteiger partial charge in [0, 0.05) is 38.4 Å². The van der Waals surface area contributed by atoms with Crippen molar-refractivity contribution in [1.82, 2.24) is 4.90 Å². The fourth-order valence-corrected chi connectivity index (χ4v) is 4.55. The highest BCUT2D eigenvalue weighted by atomic mass is 16.5. The van der Waals surface area contributed by atoms with Crippen LogP contribution in [-0.4, -0.2) is 50.4 Å². The van der Waals surface area contributed by atoms with E-state index in [0.29, 0.717) is 28.6 Å². The largest absolute Gasteiger partial charge is 0.507 e. The SMILES string of the molecule is COc1ccc(-c2coc3c(CN4CCN(c5ccc(OC)cc5)CC4)c(O)ccc3c2=O)cc1. The minimum atomic E-state index is -0.123. The molecule has 1 fully saturated rings. The molecule has 1 aliphatic heterocycles. The first-order valence-electron chi connectivity index (χ1n) is 11.6. The van der Waals surface area contributed by atoms with E-state index in [9.17, 15) is 9.90 Å². The lowest BCUT2D eigenvalue weighted by atomic mass is 10.0. The van der Waals surface area contributed by atoms with Crippen molar-refractivity contribution in [3.63, 3.8) is 0 Å². The molecule has 0 spiro atoms. The zero-order chi connectivity index (χ0) is 24.4. The molecule has 1 N–H and O–H groups in total. The summed E-state index contributed by atoms with van der Waals surface area (Å²) in [6.07, 6.45) is 1.48. The molecule has 1 saturated heterocycles. The quantitative estimate of drug-likeness (QED) is 0.443. The molecule has 7 nitrogen and oxygen atoms in total. The highest BCUT2D eigenvalue weighted by Gasteiger charge is 2.21. The third-order valence-electron chi connectivity index (χ3n) is 6.61. The van der Waals surface area contributed by atoms with E-state index in [2.05, 4.69) is 21.9 Å². The van der Waals surface area contributed by atoms with Crippen LogP contribution in [0.3, 0.4) is 0 Å². The van der Waals surface area contributed by atoms with Gasteiger partial charge >= 0.3 is 0 Å². The van der Waals surface area contributed by atoms with Gasteiger partial charge in [0.25, 0.3) is 0 Å². The molecule has 5 rings (SSSR count). The lowest BCUT2D eigenvalue weighted by Crippen LogP contribution is -2.46. The van der Waals surface area contributed by atoms with Gasteiger partial charge in [0.15, 0.2) is 0 Å². The van der Waals surface area contributed by atoms with Gasteiger partial charge < -0.3 is 23.9 Å². The van der Waals surface area contributed by atoms with Crippen LogP contribution in [0.25, 0.3) is 22.1 Å². The average Bonchev–Trinajstić information content (AvgIpc) is 2.91. The van der Waals surface area contributed by atoms with E-state index in [0.717, 1.165) is 48.9 Å². The Morgan fingerprint density at radius 2 is 1.49 bits per heavy atom. The van der Waals surface area contributed by atoms with E-state index in [1.54, 1.807) is 26.4 Å². The zero-order valence-electron chi connectivity index (χ0n) is 19.9. The van der Waals surface area contributed by atoms with E-state index in [4.69, 9.17) is 13.9 Å². The Morgan fingerprint density at radius 1 is 0.857 bits per heavy atom. The minimum absolute atomic E-state index is 0.123. The Balaban J connectivity index is 1.36. The van der Waals surface area contributed by atoms with Gasteiger partial charge in [-0.2, -0.15) is 0 Å². The summed E-state index contributed by atoms with van der Waals surface area (Å²) in [5.41, 5.74) is 3.34. The number of phenolic OH excluding ortho intramolecular Hbond substituents is 1. The second kappa shape index (κ2) is 9.72. The van der Waals surface area contributed by atoms with Gasteiger partial charge in [-0.1, -0.05) is 12.1 Å². The fraction of sp³-hybridized carbons (Fsp3) is 0.250. The minimum Gasteiger partial charge on any atom is -0.507 e. The highest BCUT2D eigenvalue weighted by molar-refractivity contribution is 5.85. The average molecular weight is 473 g/mol. The van der Waals surface area contributed by atoms with Gasteiger partial charge in [0.1, 0.15) is 29.1 Å². The number of rotatable bonds is 6. The van der Waals surface area contributed by atoms with E-state index in [-0.39, 0.29) is 11.2 Å². The molecule has 0 radical (unpaired) electrons. The van der Waals surface area contributed by atoms with Crippen molar-refractivity contribution in [2.75, 3.05) is 45.3 Å². The summed E-state index contributed by atoms with van der Waals surface area (Å²) in [5, 5.41) is 11.1. The third kappa shape index (κ3) is 4.55. The van der Waals surface area contributed by atoms with Crippen LogP contribution in [0.2, 0.25) is 0 Å². The molecular weight excluding hydrogens is 444 g/mol. The number of methoxy groups -OCH3 is 2. The van der Waals surface area contributed by atoms with Crippen LogP contribution in [0, 0.1) is 0 Å². The number of ether oxygens (including phenoxy) is 2. The second-order valence-corrected chi connectivity index (χ2v) is 8.61. The first-order valence-corrected chi connectivity index (χ1v) is 11.6. The zero-order valence-corrected chi connectivity index (χ0v) is 19.9. The maximum absolute atomic E-state index is 13.3. The van der Waals surface area contributed by atoms with Crippen LogP contribution in [0.1, 0.15) is 5.56 Å². The molecule has 4 aromatic rings. The molecule has 1 aliphatic rings. The predicted molar refractivity (Wildman–Crippen MR) is 137 cm³/mol. The van der Waals surface area contributed by atoms with Crippen molar-refractivity contribution in [3.8, 4) is 28.4 Å². The Labute approximate surface area is 203 Å². The summed E-state index contributed by atoms with van der Waals surface area (Å²) in [7, 11) is 3.27. The van der Waals surface area contributed by atoms with Gasteiger partial charge in [-0.3, -0.25) is 9.69 Å². The standard InChI is InChI=1S/C28H28N2O5/c1-33-21-7-3-19(4-8-21)25-18-35-28-23(27(25)32)11-12-26(31)24(28)17-29-13-15-30(16-14-29)20-5-9-22(34-2)10-6-20/h3-12,18,31H,13-17H2,1-2H3. The summed E-state index contributed by atoms with van der Waals surface area (Å²) >= 11 is 0. The van der Waals surface area contributed by atoms with Crippen molar-refractivity contribution in [2.24, 2.45) is 0 Å². The van der Waals surface area contributed by atoms with E-state index in [1.165, 1.54) is 6.26 Å². The number of fused-ring (bicyclic) bond motifs is 1. The Hall–Kier alpha value is -3.97. The fourth-order valence-electron chi connectivity index (χ4n) is 4.55. The van der Waals surface area contributed by atoms with Crippen LogP contribution in [0.5, 0.6) is 17.2 Å². The van der Waals surface area contributed by atoms with Gasteiger partial charge in [0.05, 0.1) is 30.7 Å². The van der Waals surface area contributed by atoms with Crippen LogP contribution in [0.4, 0.5) is 5.69 Å². The van der Waals surface area contributed by atoms with Crippen molar-refractivity contribution in [3.05, 3.63) is 82.7 Å². The third-order valence-corrected chi connectivity index (χ3v) is 6.61. The van der Waals surface area contributed by atoms with Crippen molar-refractivity contribution >= 4 is 16.7 Å². The number of hydrogen-bond donors (Lipinski definition) is 1. The van der Waals surface area contributed by atoms with Gasteiger partial charge in [-0.05, 0) is 54.1 Å². The van der Waals surface area contributed by atoms with Crippen LogP contribution in [0.15, 0.2) is 76.1 Å². The number of nitrogens with zero attached hydrogens (tertiary/aromatic N) is 2. The smallest absolute Gasteiger partial charge is 0.200 e. The van der Waals surface area contributed by atoms with Gasteiger partial charge in [-0.25, -0.2) is 0 Å². The first-order chi connectivity index (χ1) is 17.1. The molecule has 0 saturated carbocycles. The predicted octanol–water partition coefficient (Wildman–Crippen LogP) is 4.51. The summed E-state index contributed by atoms with van der Waals surface area (Å²) in [4.78, 5) is 17.9. The Bertz CT molecular complexity index is 1370. The highest BCUT2D eigenvalue weighted by Crippen LogP contribution is 2.30. The lowest BCUT2D eigenvalue weighted by molar-refractivity contribution is 0.246. The van der Waals surface area contributed by atoms with Crippen molar-refractivity contribution in [1.29, 1.82) is 0 Å².